The second-order valence-electron chi connectivity index (χ2n) is 5.73. The number of carbonyl (C=O) groups excluding carboxylic acids is 1. The summed E-state index contributed by atoms with van der Waals surface area (Å²) in [6.07, 6.45) is 2.59. The first-order chi connectivity index (χ1) is 11.7. The largest absolute Gasteiger partial charge is 0.482 e. The minimum atomic E-state index is -0.679. The molecule has 2 unspecified atom stereocenters. The maximum atomic E-state index is 12.5. The Kier molecular flexibility index (Phi) is 3.57. The van der Waals surface area contributed by atoms with Crippen LogP contribution in [0.2, 0.25) is 0 Å². The number of carbonyl (C=O) groups is 1. The first-order valence-corrected chi connectivity index (χ1v) is 7.83. The molecule has 0 spiro atoms. The highest BCUT2D eigenvalue weighted by Gasteiger charge is 2.33. The summed E-state index contributed by atoms with van der Waals surface area (Å²) in [5, 5.41) is 7.17. The Morgan fingerprint density at radius 2 is 1.92 bits per heavy atom. The molecule has 24 heavy (non-hydrogen) atoms. The average molecular weight is 323 g/mol. The first kappa shape index (κ1) is 14.6. The lowest BCUT2D eigenvalue weighted by atomic mass is 10.1. The van der Waals surface area contributed by atoms with Crippen LogP contribution in [0.1, 0.15) is 12.5 Å². The van der Waals surface area contributed by atoms with Gasteiger partial charge in [-0.2, -0.15) is 5.10 Å². The van der Waals surface area contributed by atoms with Gasteiger partial charge < -0.3 is 14.8 Å². The van der Waals surface area contributed by atoms with E-state index in [9.17, 15) is 4.79 Å². The van der Waals surface area contributed by atoms with Gasteiger partial charge in [0.1, 0.15) is 6.10 Å². The Hall–Kier alpha value is -3.02. The van der Waals surface area contributed by atoms with Crippen molar-refractivity contribution in [3.8, 4) is 11.5 Å². The van der Waals surface area contributed by atoms with Crippen molar-refractivity contribution in [1.29, 1.82) is 0 Å². The number of aromatic nitrogens is 2. The Balaban J connectivity index is 1.47. The Labute approximate surface area is 139 Å². The smallest absolute Gasteiger partial charge is 0.265 e. The zero-order valence-corrected chi connectivity index (χ0v) is 13.2. The summed E-state index contributed by atoms with van der Waals surface area (Å²) >= 11 is 0. The van der Waals surface area contributed by atoms with Crippen LogP contribution in [0.5, 0.6) is 11.5 Å². The van der Waals surface area contributed by atoms with Crippen LogP contribution in [-0.2, 0) is 11.3 Å². The van der Waals surface area contributed by atoms with Gasteiger partial charge in [0.2, 0.25) is 6.10 Å². The molecule has 0 fully saturated rings. The number of ether oxygens (including phenoxy) is 2. The van der Waals surface area contributed by atoms with E-state index in [0.717, 1.165) is 11.1 Å². The highest BCUT2D eigenvalue weighted by molar-refractivity contribution is 5.82. The molecule has 0 saturated heterocycles. The molecule has 4 rings (SSSR count). The van der Waals surface area contributed by atoms with Crippen molar-refractivity contribution in [3.05, 3.63) is 60.4 Å². The fourth-order valence-electron chi connectivity index (χ4n) is 2.81. The maximum absolute atomic E-state index is 12.5. The number of hydrogen-bond acceptors (Lipinski definition) is 4. The average Bonchev–Trinajstić information content (AvgIpc) is 3.02. The molecule has 1 N–H and O–H groups in total. The van der Waals surface area contributed by atoms with E-state index >= 15 is 0 Å². The number of fused-ring (bicyclic) bond motifs is 2. The summed E-state index contributed by atoms with van der Waals surface area (Å²) in [4.78, 5) is 12.5. The lowest BCUT2D eigenvalue weighted by Gasteiger charge is -2.30. The second-order valence-corrected chi connectivity index (χ2v) is 5.73. The van der Waals surface area contributed by atoms with Crippen molar-refractivity contribution < 1.29 is 14.3 Å². The molecule has 0 bridgehead atoms. The quantitative estimate of drug-likeness (QED) is 0.802. The highest BCUT2D eigenvalue weighted by atomic mass is 16.6. The molecule has 1 aliphatic rings. The third-order valence-corrected chi connectivity index (χ3v) is 4.06. The van der Waals surface area contributed by atoms with Gasteiger partial charge in [-0.3, -0.25) is 4.79 Å². The highest BCUT2D eigenvalue weighted by Crippen LogP contribution is 2.33. The molecule has 3 heterocycles. The molecule has 6 nitrogen and oxygen atoms in total. The Morgan fingerprint density at radius 1 is 1.17 bits per heavy atom. The number of nitrogens with zero attached hydrogens (tertiary/aromatic N) is 2. The van der Waals surface area contributed by atoms with Crippen LogP contribution >= 0.6 is 0 Å². The number of amides is 1. The topological polar surface area (TPSA) is 64.9 Å². The van der Waals surface area contributed by atoms with Crippen LogP contribution in [0.4, 0.5) is 0 Å². The zero-order chi connectivity index (χ0) is 16.5. The summed E-state index contributed by atoms with van der Waals surface area (Å²) in [5.41, 5.74) is 1.92. The predicted octanol–water partition coefficient (Wildman–Crippen LogP) is 2.18. The van der Waals surface area contributed by atoms with Gasteiger partial charge in [-0.05, 0) is 31.2 Å². The maximum Gasteiger partial charge on any atom is 0.265 e. The molecule has 0 saturated carbocycles. The zero-order valence-electron chi connectivity index (χ0n) is 13.2. The molecule has 6 heteroatoms. The van der Waals surface area contributed by atoms with Crippen LogP contribution in [0.25, 0.3) is 5.52 Å². The summed E-state index contributed by atoms with van der Waals surface area (Å²) in [6, 6.07) is 13.2. The minimum absolute atomic E-state index is 0.202. The summed E-state index contributed by atoms with van der Waals surface area (Å²) in [7, 11) is 0. The predicted molar refractivity (Wildman–Crippen MR) is 88.0 cm³/mol. The third-order valence-electron chi connectivity index (χ3n) is 4.06. The molecule has 1 aromatic carbocycles. The number of para-hydroxylation sites is 2. The SMILES string of the molecule is CC1Oc2ccccc2OC1C(=O)NCc1cnn2ccccc12. The molecule has 0 radical (unpaired) electrons. The van der Waals surface area contributed by atoms with E-state index in [1.54, 1.807) is 16.8 Å². The van der Waals surface area contributed by atoms with E-state index < -0.39 is 6.10 Å². The van der Waals surface area contributed by atoms with Gasteiger partial charge in [-0.1, -0.05) is 18.2 Å². The Morgan fingerprint density at radius 3 is 2.75 bits per heavy atom. The number of hydrogen-bond donors (Lipinski definition) is 1. The van der Waals surface area contributed by atoms with E-state index in [1.165, 1.54) is 0 Å². The molecule has 0 aliphatic carbocycles. The summed E-state index contributed by atoms with van der Waals surface area (Å²) < 4.78 is 13.4. The fraction of sp³-hybridized carbons (Fsp3) is 0.222. The van der Waals surface area contributed by atoms with Gasteiger partial charge in [-0.25, -0.2) is 4.52 Å². The Bertz CT molecular complexity index is 890. The molecule has 2 atom stereocenters. The van der Waals surface area contributed by atoms with Gasteiger partial charge in [-0.15, -0.1) is 0 Å². The van der Waals surface area contributed by atoms with Crippen molar-refractivity contribution >= 4 is 11.4 Å². The van der Waals surface area contributed by atoms with E-state index in [4.69, 9.17) is 9.47 Å². The van der Waals surface area contributed by atoms with E-state index in [0.29, 0.717) is 18.0 Å². The normalized spacial score (nSPS) is 19.2. The van der Waals surface area contributed by atoms with E-state index in [-0.39, 0.29) is 12.0 Å². The van der Waals surface area contributed by atoms with Crippen LogP contribution < -0.4 is 14.8 Å². The van der Waals surface area contributed by atoms with Gasteiger partial charge in [0, 0.05) is 18.3 Å². The molecular weight excluding hydrogens is 306 g/mol. The van der Waals surface area contributed by atoms with Crippen LogP contribution in [0.15, 0.2) is 54.9 Å². The van der Waals surface area contributed by atoms with Crippen LogP contribution in [0.3, 0.4) is 0 Å². The van der Waals surface area contributed by atoms with Crippen LogP contribution in [-0.4, -0.2) is 27.7 Å². The molecule has 1 aliphatic heterocycles. The molecular formula is C18H17N3O3. The van der Waals surface area contributed by atoms with E-state index in [1.807, 2.05) is 49.5 Å². The van der Waals surface area contributed by atoms with Crippen molar-refractivity contribution in [1.82, 2.24) is 14.9 Å². The number of rotatable bonds is 3. The first-order valence-electron chi connectivity index (χ1n) is 7.83. The fourth-order valence-corrected chi connectivity index (χ4v) is 2.81. The third kappa shape index (κ3) is 2.56. The van der Waals surface area contributed by atoms with E-state index in [2.05, 4.69) is 10.4 Å². The van der Waals surface area contributed by atoms with Crippen molar-refractivity contribution in [3.63, 3.8) is 0 Å². The molecule has 2 aromatic heterocycles. The second kappa shape index (κ2) is 5.88. The lowest BCUT2D eigenvalue weighted by molar-refractivity contribution is -0.133. The van der Waals surface area contributed by atoms with Crippen LogP contribution in [0, 0.1) is 0 Å². The lowest BCUT2D eigenvalue weighted by Crippen LogP contribution is -2.48. The monoisotopic (exact) mass is 323 g/mol. The summed E-state index contributed by atoms with van der Waals surface area (Å²) in [5.74, 6) is 1.05. The van der Waals surface area contributed by atoms with Gasteiger partial charge >= 0.3 is 0 Å². The van der Waals surface area contributed by atoms with Crippen molar-refractivity contribution in [2.75, 3.05) is 0 Å². The minimum Gasteiger partial charge on any atom is -0.482 e. The summed E-state index contributed by atoms with van der Waals surface area (Å²) in [6.45, 7) is 2.22. The van der Waals surface area contributed by atoms with Gasteiger partial charge in [0.25, 0.3) is 5.91 Å². The number of benzene rings is 1. The molecule has 1 amide bonds. The number of pyridine rings is 1. The standard InChI is InChI=1S/C18H17N3O3/c1-12-17(24-16-8-3-2-7-15(16)23-12)18(22)19-10-13-11-20-21-9-5-4-6-14(13)21/h2-9,11-12,17H,10H2,1H3,(H,19,22). The van der Waals surface area contributed by atoms with Crippen molar-refractivity contribution in [2.45, 2.75) is 25.7 Å². The molecule has 3 aromatic rings. The molecule has 122 valence electrons. The number of nitrogens with one attached hydrogen (secondary N) is 1. The van der Waals surface area contributed by atoms with Gasteiger partial charge in [0.15, 0.2) is 11.5 Å². The van der Waals surface area contributed by atoms with Crippen molar-refractivity contribution in [2.24, 2.45) is 0 Å². The van der Waals surface area contributed by atoms with Gasteiger partial charge in [0.05, 0.1) is 11.7 Å².